The summed E-state index contributed by atoms with van der Waals surface area (Å²) in [6.07, 6.45) is 1.77. The number of hydrogen-bond acceptors (Lipinski definition) is 3. The number of methoxy groups -OCH3 is 1. The first-order valence-corrected chi connectivity index (χ1v) is 6.52. The van der Waals surface area contributed by atoms with Crippen molar-refractivity contribution in [3.05, 3.63) is 36.0 Å². The van der Waals surface area contributed by atoms with Gasteiger partial charge in [-0.3, -0.25) is 4.79 Å². The predicted molar refractivity (Wildman–Crippen MR) is 74.8 cm³/mol. The predicted octanol–water partition coefficient (Wildman–Crippen LogP) is 2.68. The molecule has 0 spiro atoms. The third-order valence-electron chi connectivity index (χ3n) is 3.27. The fourth-order valence-electron chi connectivity index (χ4n) is 2.27. The number of benzene rings is 1. The van der Waals surface area contributed by atoms with Crippen molar-refractivity contribution < 1.29 is 19.4 Å². The summed E-state index contributed by atoms with van der Waals surface area (Å²) in [5.74, 6) is -1.17. The van der Waals surface area contributed by atoms with Gasteiger partial charge in [0.25, 0.3) is 0 Å². The van der Waals surface area contributed by atoms with E-state index in [9.17, 15) is 14.7 Å². The number of para-hydroxylation sites is 1. The molecule has 5 nitrogen and oxygen atoms in total. The second kappa shape index (κ2) is 6.23. The van der Waals surface area contributed by atoms with Crippen LogP contribution in [0.5, 0.6) is 0 Å². The van der Waals surface area contributed by atoms with Gasteiger partial charge in [-0.25, -0.2) is 4.79 Å². The molecule has 0 amide bonds. The average Bonchev–Trinajstić information content (AvgIpc) is 2.82. The van der Waals surface area contributed by atoms with Crippen molar-refractivity contribution in [3.63, 3.8) is 0 Å². The maximum atomic E-state index is 11.3. The third kappa shape index (κ3) is 2.99. The van der Waals surface area contributed by atoms with Gasteiger partial charge in [0.1, 0.15) is 5.69 Å². The number of aryl methyl sites for hydroxylation is 1. The summed E-state index contributed by atoms with van der Waals surface area (Å²) in [5, 5.41) is 10.2. The van der Waals surface area contributed by atoms with E-state index < -0.39 is 5.97 Å². The van der Waals surface area contributed by atoms with Gasteiger partial charge in [-0.15, -0.1) is 0 Å². The number of aromatic carboxylic acids is 1. The molecule has 5 heteroatoms. The fraction of sp³-hybridized carbons (Fsp3) is 0.333. The van der Waals surface area contributed by atoms with Gasteiger partial charge in [0.2, 0.25) is 0 Å². The second-order valence-electron chi connectivity index (χ2n) is 4.58. The van der Waals surface area contributed by atoms with Crippen LogP contribution in [0.2, 0.25) is 0 Å². The molecule has 0 fully saturated rings. The lowest BCUT2D eigenvalue weighted by molar-refractivity contribution is -0.140. The maximum absolute atomic E-state index is 11.3. The molecule has 1 aromatic carbocycles. The molecule has 1 N–H and O–H groups in total. The smallest absolute Gasteiger partial charge is 0.352 e. The highest BCUT2D eigenvalue weighted by Crippen LogP contribution is 2.20. The van der Waals surface area contributed by atoms with Crippen LogP contribution in [-0.4, -0.2) is 28.7 Å². The van der Waals surface area contributed by atoms with Crippen LogP contribution < -0.4 is 0 Å². The normalized spacial score (nSPS) is 10.7. The van der Waals surface area contributed by atoms with Crippen molar-refractivity contribution in [2.75, 3.05) is 7.11 Å². The minimum Gasteiger partial charge on any atom is -0.477 e. The van der Waals surface area contributed by atoms with Crippen LogP contribution >= 0.6 is 0 Å². The van der Waals surface area contributed by atoms with E-state index >= 15 is 0 Å². The largest absolute Gasteiger partial charge is 0.477 e. The van der Waals surface area contributed by atoms with E-state index in [4.69, 9.17) is 0 Å². The zero-order valence-corrected chi connectivity index (χ0v) is 11.3. The summed E-state index contributed by atoms with van der Waals surface area (Å²) >= 11 is 0. The van der Waals surface area contributed by atoms with E-state index in [1.165, 1.54) is 7.11 Å². The zero-order chi connectivity index (χ0) is 14.5. The van der Waals surface area contributed by atoms with Crippen molar-refractivity contribution in [2.45, 2.75) is 25.8 Å². The third-order valence-corrected chi connectivity index (χ3v) is 3.27. The number of carboxylic acids is 1. The van der Waals surface area contributed by atoms with Crippen molar-refractivity contribution >= 4 is 22.8 Å². The van der Waals surface area contributed by atoms with Gasteiger partial charge in [-0.2, -0.15) is 0 Å². The Labute approximate surface area is 116 Å². The summed E-state index contributed by atoms with van der Waals surface area (Å²) in [6, 6.07) is 9.25. The molecule has 0 unspecified atom stereocenters. The number of esters is 1. The van der Waals surface area contributed by atoms with Crippen molar-refractivity contribution in [1.82, 2.24) is 4.57 Å². The van der Waals surface area contributed by atoms with Gasteiger partial charge in [-0.1, -0.05) is 18.2 Å². The van der Waals surface area contributed by atoms with Gasteiger partial charge in [-0.05, 0) is 25.0 Å². The Kier molecular flexibility index (Phi) is 4.40. The number of hydrogen-bond donors (Lipinski definition) is 1. The second-order valence-corrected chi connectivity index (χ2v) is 4.58. The molecule has 0 atom stereocenters. The lowest BCUT2D eigenvalue weighted by Gasteiger charge is -2.08. The molecule has 1 heterocycles. The van der Waals surface area contributed by atoms with E-state index in [1.54, 1.807) is 10.6 Å². The minimum atomic E-state index is -0.936. The number of carbonyl (C=O) groups is 2. The van der Waals surface area contributed by atoms with Gasteiger partial charge in [0.15, 0.2) is 0 Å². The monoisotopic (exact) mass is 275 g/mol. The Morgan fingerprint density at radius 2 is 2.00 bits per heavy atom. The molecule has 0 saturated heterocycles. The van der Waals surface area contributed by atoms with Crippen LogP contribution in [0.25, 0.3) is 10.9 Å². The minimum absolute atomic E-state index is 0.235. The Bertz CT molecular complexity index is 630. The first-order valence-electron chi connectivity index (χ1n) is 6.52. The van der Waals surface area contributed by atoms with Gasteiger partial charge < -0.3 is 14.4 Å². The number of rotatable bonds is 6. The molecule has 0 saturated carbocycles. The molecule has 0 aliphatic carbocycles. The van der Waals surface area contributed by atoms with Crippen LogP contribution in [-0.2, 0) is 16.1 Å². The molecule has 1 aromatic heterocycles. The standard InChI is InChI=1S/C15H17NO4/c1-20-14(17)8-4-5-9-16-12-7-3-2-6-11(12)10-13(16)15(18)19/h2-3,6-7,10H,4-5,8-9H2,1H3,(H,18,19). The summed E-state index contributed by atoms with van der Waals surface area (Å²) < 4.78 is 6.37. The van der Waals surface area contributed by atoms with Gasteiger partial charge in [0, 0.05) is 23.9 Å². The summed E-state index contributed by atoms with van der Waals surface area (Å²) in [6.45, 7) is 0.576. The molecule has 0 aliphatic heterocycles. The quantitative estimate of drug-likeness (QED) is 0.650. The first kappa shape index (κ1) is 14.1. The maximum Gasteiger partial charge on any atom is 0.352 e. The summed E-state index contributed by atoms with van der Waals surface area (Å²) in [7, 11) is 1.37. The van der Waals surface area contributed by atoms with E-state index in [2.05, 4.69) is 4.74 Å². The molecule has 106 valence electrons. The Morgan fingerprint density at radius 1 is 1.25 bits per heavy atom. The number of nitrogens with zero attached hydrogens (tertiary/aromatic N) is 1. The summed E-state index contributed by atoms with van der Waals surface area (Å²) in [4.78, 5) is 22.3. The molecule has 2 aromatic rings. The highest BCUT2D eigenvalue weighted by molar-refractivity contribution is 5.94. The van der Waals surface area contributed by atoms with Crippen molar-refractivity contribution in [3.8, 4) is 0 Å². The topological polar surface area (TPSA) is 68.5 Å². The number of fused-ring (bicyclic) bond motifs is 1. The molecule has 20 heavy (non-hydrogen) atoms. The van der Waals surface area contributed by atoms with Crippen LogP contribution in [0.15, 0.2) is 30.3 Å². The lowest BCUT2D eigenvalue weighted by Crippen LogP contribution is -2.09. The van der Waals surface area contributed by atoms with E-state index in [0.717, 1.165) is 17.3 Å². The fourth-order valence-corrected chi connectivity index (χ4v) is 2.27. The van der Waals surface area contributed by atoms with Gasteiger partial charge >= 0.3 is 11.9 Å². The van der Waals surface area contributed by atoms with E-state index in [1.807, 2.05) is 24.3 Å². The van der Waals surface area contributed by atoms with Crippen LogP contribution in [0.3, 0.4) is 0 Å². The first-order chi connectivity index (χ1) is 9.63. The Morgan fingerprint density at radius 3 is 2.70 bits per heavy atom. The molecular formula is C15H17NO4. The average molecular weight is 275 g/mol. The van der Waals surface area contributed by atoms with Crippen molar-refractivity contribution in [1.29, 1.82) is 0 Å². The number of carbonyl (C=O) groups excluding carboxylic acids is 1. The lowest BCUT2D eigenvalue weighted by atomic mass is 10.2. The molecule has 2 rings (SSSR count). The number of aromatic nitrogens is 1. The Hall–Kier alpha value is -2.30. The molecule has 0 bridgehead atoms. The molecular weight excluding hydrogens is 258 g/mol. The van der Waals surface area contributed by atoms with E-state index in [-0.39, 0.29) is 11.7 Å². The number of ether oxygens (including phenoxy) is 1. The van der Waals surface area contributed by atoms with Gasteiger partial charge in [0.05, 0.1) is 7.11 Å². The Balaban J connectivity index is 2.13. The zero-order valence-electron chi connectivity index (χ0n) is 11.3. The van der Waals surface area contributed by atoms with E-state index in [0.29, 0.717) is 19.4 Å². The van der Waals surface area contributed by atoms with Crippen LogP contribution in [0, 0.1) is 0 Å². The highest BCUT2D eigenvalue weighted by Gasteiger charge is 2.13. The van der Waals surface area contributed by atoms with Crippen LogP contribution in [0.1, 0.15) is 29.8 Å². The van der Waals surface area contributed by atoms with Crippen molar-refractivity contribution in [2.24, 2.45) is 0 Å². The summed E-state index contributed by atoms with van der Waals surface area (Å²) in [5.41, 5.74) is 1.19. The number of unbranched alkanes of at least 4 members (excludes halogenated alkanes) is 1. The number of carboxylic acid groups (broad SMARTS) is 1. The SMILES string of the molecule is COC(=O)CCCCn1c(C(=O)O)cc2ccccc21. The highest BCUT2D eigenvalue weighted by atomic mass is 16.5. The molecule has 0 radical (unpaired) electrons. The van der Waals surface area contributed by atoms with Crippen LogP contribution in [0.4, 0.5) is 0 Å². The molecule has 0 aliphatic rings.